The molecule has 1 aromatic heterocycles. The molecule has 1 saturated heterocycles. The van der Waals surface area contributed by atoms with Crippen LogP contribution in [0.1, 0.15) is 62.8 Å². The second-order valence-corrected chi connectivity index (χ2v) is 8.62. The van der Waals surface area contributed by atoms with Crippen LogP contribution in [-0.4, -0.2) is 51.8 Å². The van der Waals surface area contributed by atoms with Gasteiger partial charge >= 0.3 is 6.03 Å². The SMILES string of the molecule is CC(=N)c1c(NC2C=CC(F)=CC2)nc(C2CN(C(=O)NC3CCCCC3)C2)[nH]c1=O. The van der Waals surface area contributed by atoms with Crippen molar-refractivity contribution < 1.29 is 9.18 Å². The lowest BCUT2D eigenvalue weighted by Gasteiger charge is -2.39. The molecule has 8 nitrogen and oxygen atoms in total. The minimum absolute atomic E-state index is 0.0584. The maximum atomic E-state index is 13.2. The molecule has 0 radical (unpaired) electrons. The van der Waals surface area contributed by atoms with E-state index in [2.05, 4.69) is 20.6 Å². The number of hydrogen-bond donors (Lipinski definition) is 4. The summed E-state index contributed by atoms with van der Waals surface area (Å²) in [6.07, 6.45) is 10.6. The first-order chi connectivity index (χ1) is 14.9. The van der Waals surface area contributed by atoms with Crippen LogP contribution < -0.4 is 16.2 Å². The largest absolute Gasteiger partial charge is 0.363 e. The van der Waals surface area contributed by atoms with E-state index in [0.29, 0.717) is 31.2 Å². The van der Waals surface area contributed by atoms with Gasteiger partial charge in [0.25, 0.3) is 5.56 Å². The monoisotopic (exact) mass is 428 g/mol. The van der Waals surface area contributed by atoms with Crippen LogP contribution in [0.25, 0.3) is 0 Å². The number of allylic oxidation sites excluding steroid dienone is 2. The summed E-state index contributed by atoms with van der Waals surface area (Å²) in [7, 11) is 0. The number of anilines is 1. The Labute approximate surface area is 180 Å². The zero-order chi connectivity index (χ0) is 22.0. The van der Waals surface area contributed by atoms with Gasteiger partial charge in [-0.2, -0.15) is 0 Å². The maximum Gasteiger partial charge on any atom is 0.317 e. The number of H-pyrrole nitrogens is 1. The summed E-state index contributed by atoms with van der Waals surface area (Å²) in [4.78, 5) is 34.2. The first-order valence-corrected chi connectivity index (χ1v) is 11.0. The number of likely N-dealkylation sites (tertiary alicyclic amines) is 1. The Morgan fingerprint density at radius 1 is 1.29 bits per heavy atom. The highest BCUT2D eigenvalue weighted by molar-refractivity contribution is 6.00. The number of rotatable bonds is 5. The molecule has 2 fully saturated rings. The highest BCUT2D eigenvalue weighted by Crippen LogP contribution is 2.27. The van der Waals surface area contributed by atoms with Crippen LogP contribution >= 0.6 is 0 Å². The number of nitrogens with zero attached hydrogens (tertiary/aromatic N) is 2. The zero-order valence-electron chi connectivity index (χ0n) is 17.7. The highest BCUT2D eigenvalue weighted by Gasteiger charge is 2.35. The number of hydrogen-bond acceptors (Lipinski definition) is 5. The third-order valence-corrected chi connectivity index (χ3v) is 6.18. The van der Waals surface area contributed by atoms with E-state index >= 15 is 0 Å². The Balaban J connectivity index is 1.43. The van der Waals surface area contributed by atoms with E-state index in [0.717, 1.165) is 25.7 Å². The first-order valence-electron chi connectivity index (χ1n) is 11.0. The van der Waals surface area contributed by atoms with Crippen LogP contribution in [0.2, 0.25) is 0 Å². The number of carbonyl (C=O) groups excluding carboxylic acids is 1. The second kappa shape index (κ2) is 9.03. The molecule has 0 spiro atoms. The Bertz CT molecular complexity index is 973. The number of halogens is 1. The zero-order valence-corrected chi connectivity index (χ0v) is 17.7. The summed E-state index contributed by atoms with van der Waals surface area (Å²) < 4.78 is 13.2. The molecule has 2 heterocycles. The maximum absolute atomic E-state index is 13.2. The van der Waals surface area contributed by atoms with Crippen molar-refractivity contribution in [3.8, 4) is 0 Å². The molecule has 3 aliphatic rings. The summed E-state index contributed by atoms with van der Waals surface area (Å²) in [6, 6.07) is -0.0119. The summed E-state index contributed by atoms with van der Waals surface area (Å²) in [5.41, 5.74) is -0.101. The van der Waals surface area contributed by atoms with Crippen LogP contribution in [0.5, 0.6) is 0 Å². The Morgan fingerprint density at radius 2 is 2.03 bits per heavy atom. The molecule has 1 aromatic rings. The number of aromatic nitrogens is 2. The van der Waals surface area contributed by atoms with Crippen molar-refractivity contribution in [2.45, 2.75) is 63.5 Å². The Morgan fingerprint density at radius 3 is 2.68 bits per heavy atom. The molecule has 2 aliphatic carbocycles. The van der Waals surface area contributed by atoms with Crippen LogP contribution in [0.4, 0.5) is 15.0 Å². The minimum Gasteiger partial charge on any atom is -0.363 e. The number of carbonyl (C=O) groups is 1. The van der Waals surface area contributed by atoms with Gasteiger partial charge in [-0.15, -0.1) is 0 Å². The van der Waals surface area contributed by atoms with E-state index in [1.807, 2.05) is 0 Å². The van der Waals surface area contributed by atoms with Crippen molar-refractivity contribution in [1.29, 1.82) is 5.41 Å². The van der Waals surface area contributed by atoms with Crippen molar-refractivity contribution in [1.82, 2.24) is 20.2 Å². The van der Waals surface area contributed by atoms with Crippen molar-refractivity contribution in [3.05, 3.63) is 45.8 Å². The van der Waals surface area contributed by atoms with Gasteiger partial charge in [-0.25, -0.2) is 14.2 Å². The van der Waals surface area contributed by atoms with Gasteiger partial charge in [0.05, 0.1) is 5.92 Å². The lowest BCUT2D eigenvalue weighted by atomic mass is 9.95. The molecule has 31 heavy (non-hydrogen) atoms. The fourth-order valence-electron chi connectivity index (χ4n) is 4.34. The van der Waals surface area contributed by atoms with E-state index in [-0.39, 0.29) is 46.7 Å². The predicted molar refractivity (Wildman–Crippen MR) is 117 cm³/mol. The van der Waals surface area contributed by atoms with Crippen molar-refractivity contribution in [3.63, 3.8) is 0 Å². The number of aromatic amines is 1. The third kappa shape index (κ3) is 4.86. The van der Waals surface area contributed by atoms with Crippen LogP contribution in [0.15, 0.2) is 28.8 Å². The molecule has 4 N–H and O–H groups in total. The summed E-state index contributed by atoms with van der Waals surface area (Å²) in [6.45, 7) is 2.51. The van der Waals surface area contributed by atoms with E-state index in [1.165, 1.54) is 25.5 Å². The summed E-state index contributed by atoms with van der Waals surface area (Å²) in [5.74, 6) is 0.467. The number of urea groups is 1. The van der Waals surface area contributed by atoms with E-state index < -0.39 is 0 Å². The average molecular weight is 429 g/mol. The second-order valence-electron chi connectivity index (χ2n) is 8.62. The topological polar surface area (TPSA) is 114 Å². The van der Waals surface area contributed by atoms with Gasteiger partial charge in [0.1, 0.15) is 23.0 Å². The van der Waals surface area contributed by atoms with Crippen LogP contribution in [0.3, 0.4) is 0 Å². The van der Waals surface area contributed by atoms with Gasteiger partial charge in [-0.3, -0.25) is 4.79 Å². The van der Waals surface area contributed by atoms with Gasteiger partial charge in [0.2, 0.25) is 0 Å². The van der Waals surface area contributed by atoms with Gasteiger partial charge in [0, 0.05) is 30.9 Å². The normalized spacial score (nSPS) is 21.9. The fourth-order valence-corrected chi connectivity index (χ4v) is 4.34. The van der Waals surface area contributed by atoms with Gasteiger partial charge < -0.3 is 25.9 Å². The molecule has 4 rings (SSSR count). The van der Waals surface area contributed by atoms with Gasteiger partial charge in [-0.05, 0) is 38.3 Å². The van der Waals surface area contributed by atoms with Gasteiger partial charge in [0.15, 0.2) is 0 Å². The smallest absolute Gasteiger partial charge is 0.317 e. The Hall–Kier alpha value is -2.97. The standard InChI is InChI=1S/C22H29FN6O2/c1-13(24)18-20(25-17-9-7-15(23)8-10-17)27-19(28-21(18)30)14-11-29(12-14)22(31)26-16-5-3-2-4-6-16/h7-9,14,16-17,24H,2-6,10-12H2,1H3,(H,26,31)(H2,25,27,28,30). The molecule has 1 atom stereocenters. The van der Waals surface area contributed by atoms with Crippen LogP contribution in [0, 0.1) is 5.41 Å². The molecule has 0 aromatic carbocycles. The number of nitrogens with one attached hydrogen (secondary N) is 4. The summed E-state index contributed by atoms with van der Waals surface area (Å²) >= 11 is 0. The summed E-state index contributed by atoms with van der Waals surface area (Å²) in [5, 5.41) is 14.2. The molecule has 166 valence electrons. The predicted octanol–water partition coefficient (Wildman–Crippen LogP) is 3.19. The average Bonchev–Trinajstić information content (AvgIpc) is 2.69. The van der Waals surface area contributed by atoms with E-state index in [1.54, 1.807) is 11.0 Å². The molecule has 1 unspecified atom stereocenters. The first kappa shape index (κ1) is 21.3. The molecule has 1 aliphatic heterocycles. The molecular weight excluding hydrogens is 399 g/mol. The Kier molecular flexibility index (Phi) is 6.20. The van der Waals surface area contributed by atoms with E-state index in [9.17, 15) is 14.0 Å². The number of amides is 2. The lowest BCUT2D eigenvalue weighted by Crippen LogP contribution is -2.55. The quantitative estimate of drug-likeness (QED) is 0.539. The lowest BCUT2D eigenvalue weighted by molar-refractivity contribution is 0.143. The third-order valence-electron chi connectivity index (χ3n) is 6.18. The van der Waals surface area contributed by atoms with Crippen LogP contribution in [-0.2, 0) is 0 Å². The molecule has 9 heteroatoms. The van der Waals surface area contributed by atoms with E-state index in [4.69, 9.17) is 5.41 Å². The van der Waals surface area contributed by atoms with Crippen molar-refractivity contribution >= 4 is 17.6 Å². The highest BCUT2D eigenvalue weighted by atomic mass is 19.1. The minimum atomic E-state index is -0.383. The molecule has 2 amide bonds. The van der Waals surface area contributed by atoms with Crippen molar-refractivity contribution in [2.75, 3.05) is 18.4 Å². The molecule has 0 bridgehead atoms. The fraction of sp³-hybridized carbons (Fsp3) is 0.545. The molecule has 1 saturated carbocycles. The van der Waals surface area contributed by atoms with Crippen molar-refractivity contribution in [2.24, 2.45) is 0 Å². The molecular formula is C22H29FN6O2. The van der Waals surface area contributed by atoms with Gasteiger partial charge in [-0.1, -0.05) is 25.3 Å².